The summed E-state index contributed by atoms with van der Waals surface area (Å²) in [6, 6.07) is 9.47. The molecule has 2 aromatic rings. The minimum Gasteiger partial charge on any atom is -0.362 e. The summed E-state index contributed by atoms with van der Waals surface area (Å²) in [7, 11) is 0. The van der Waals surface area contributed by atoms with E-state index in [0.717, 1.165) is 39.9 Å². The lowest BCUT2D eigenvalue weighted by molar-refractivity contribution is 0.546. The molecule has 0 radical (unpaired) electrons. The van der Waals surface area contributed by atoms with Crippen LogP contribution in [0.2, 0.25) is 0 Å². The van der Waals surface area contributed by atoms with Gasteiger partial charge in [0.05, 0.1) is 11.2 Å². The van der Waals surface area contributed by atoms with Gasteiger partial charge in [-0.3, -0.25) is 4.99 Å². The summed E-state index contributed by atoms with van der Waals surface area (Å²) in [5.74, 6) is -0.237. The third kappa shape index (κ3) is 4.01. The van der Waals surface area contributed by atoms with Crippen LogP contribution in [-0.2, 0) is 0 Å². The van der Waals surface area contributed by atoms with Gasteiger partial charge in [-0.2, -0.15) is 0 Å². The van der Waals surface area contributed by atoms with Gasteiger partial charge in [0.2, 0.25) is 0 Å². The van der Waals surface area contributed by atoms with Crippen LogP contribution in [0.3, 0.4) is 0 Å². The van der Waals surface area contributed by atoms with Crippen molar-refractivity contribution in [1.82, 2.24) is 0 Å². The molecule has 27 heavy (non-hydrogen) atoms. The van der Waals surface area contributed by atoms with Gasteiger partial charge in [-0.05, 0) is 75.6 Å². The molecule has 2 nitrogen and oxygen atoms in total. The molecule has 0 saturated carbocycles. The van der Waals surface area contributed by atoms with Gasteiger partial charge in [-0.1, -0.05) is 28.9 Å². The molecule has 0 saturated heterocycles. The summed E-state index contributed by atoms with van der Waals surface area (Å²) < 4.78 is 15.9. The molecule has 2 aromatic carbocycles. The second-order valence-corrected chi connectivity index (χ2v) is 8.63. The van der Waals surface area contributed by atoms with Crippen LogP contribution in [0.25, 0.3) is 5.57 Å². The fourth-order valence-electron chi connectivity index (χ4n) is 3.75. The lowest BCUT2D eigenvalue weighted by atomic mass is 9.87. The Labute approximate surface area is 169 Å². The average Bonchev–Trinajstić information content (AvgIpc) is 2.58. The molecule has 1 aliphatic heterocycles. The Balaban J connectivity index is 2.03. The number of hydrogen-bond acceptors (Lipinski definition) is 2. The average molecular weight is 429 g/mol. The molecule has 0 fully saturated rings. The van der Waals surface area contributed by atoms with Gasteiger partial charge >= 0.3 is 0 Å². The lowest BCUT2D eigenvalue weighted by Crippen LogP contribution is -2.45. The van der Waals surface area contributed by atoms with Gasteiger partial charge in [0.15, 0.2) is 0 Å². The van der Waals surface area contributed by atoms with Crippen molar-refractivity contribution in [3.63, 3.8) is 0 Å². The summed E-state index contributed by atoms with van der Waals surface area (Å²) in [5, 5.41) is 0. The zero-order valence-corrected chi connectivity index (χ0v) is 18.2. The van der Waals surface area contributed by atoms with E-state index >= 15 is 0 Å². The van der Waals surface area contributed by atoms with Crippen LogP contribution in [0.1, 0.15) is 50.8 Å². The molecule has 4 heteroatoms. The molecule has 142 valence electrons. The molecule has 0 unspecified atom stereocenters. The molecule has 0 spiro atoms. The molecular weight excluding hydrogens is 403 g/mol. The summed E-state index contributed by atoms with van der Waals surface area (Å²) in [6.45, 7) is 11.5. The summed E-state index contributed by atoms with van der Waals surface area (Å²) in [6.07, 6.45) is 4.91. The van der Waals surface area contributed by atoms with Crippen LogP contribution in [0.5, 0.6) is 0 Å². The number of anilines is 1. The van der Waals surface area contributed by atoms with Crippen molar-refractivity contribution in [2.45, 2.75) is 46.6 Å². The van der Waals surface area contributed by atoms with E-state index < -0.39 is 0 Å². The van der Waals surface area contributed by atoms with Crippen LogP contribution >= 0.6 is 15.9 Å². The van der Waals surface area contributed by atoms with Crippen molar-refractivity contribution in [3.05, 3.63) is 63.4 Å². The van der Waals surface area contributed by atoms with Crippen molar-refractivity contribution >= 4 is 39.1 Å². The van der Waals surface area contributed by atoms with Crippen LogP contribution in [0.15, 0.2) is 45.9 Å². The molecular formula is C23H26BrFN2. The Morgan fingerprint density at radius 1 is 1.19 bits per heavy atom. The van der Waals surface area contributed by atoms with Crippen molar-refractivity contribution in [3.8, 4) is 0 Å². The fourth-order valence-corrected chi connectivity index (χ4v) is 4.22. The second-order valence-electron chi connectivity index (χ2n) is 7.71. The van der Waals surface area contributed by atoms with Crippen LogP contribution in [0, 0.1) is 12.7 Å². The Morgan fingerprint density at radius 2 is 1.93 bits per heavy atom. The first-order chi connectivity index (χ1) is 12.7. The van der Waals surface area contributed by atoms with Crippen LogP contribution in [0.4, 0.5) is 15.8 Å². The Hall–Kier alpha value is -1.94. The first-order valence-corrected chi connectivity index (χ1v) is 10.1. The number of benzene rings is 2. The minimum atomic E-state index is -0.237. The second kappa shape index (κ2) is 7.59. The Morgan fingerprint density at radius 3 is 2.59 bits per heavy atom. The smallest absolute Gasteiger partial charge is 0.134 e. The van der Waals surface area contributed by atoms with E-state index in [-0.39, 0.29) is 11.4 Å². The molecule has 3 rings (SSSR count). The number of aryl methyl sites for hydroxylation is 1. The highest BCUT2D eigenvalue weighted by Gasteiger charge is 2.31. The van der Waals surface area contributed by atoms with Crippen LogP contribution in [-0.4, -0.2) is 18.3 Å². The molecule has 1 aliphatic rings. The van der Waals surface area contributed by atoms with Gasteiger partial charge in [0.25, 0.3) is 0 Å². The first kappa shape index (κ1) is 19.8. The van der Waals surface area contributed by atoms with Crippen molar-refractivity contribution < 1.29 is 4.39 Å². The molecule has 0 aliphatic carbocycles. The maximum atomic E-state index is 14.9. The molecule has 0 amide bonds. The van der Waals surface area contributed by atoms with Gasteiger partial charge in [-0.25, -0.2) is 4.39 Å². The van der Waals surface area contributed by atoms with Crippen LogP contribution < -0.4 is 4.90 Å². The maximum Gasteiger partial charge on any atom is 0.134 e. The Bertz CT molecular complexity index is 928. The standard InChI is InChI=1S/C23H26BrFN2/c1-6-9-27-22-12-20(25)17(11-19(22)16(3)13-23(27,4)5)14-26-21-8-7-18(24)10-15(21)2/h7-8,10-14H,6,9H2,1-5H3. The Kier molecular flexibility index (Phi) is 5.57. The summed E-state index contributed by atoms with van der Waals surface area (Å²) in [4.78, 5) is 6.81. The van der Waals surface area contributed by atoms with Gasteiger partial charge in [-0.15, -0.1) is 0 Å². The third-order valence-electron chi connectivity index (χ3n) is 5.04. The van der Waals surface area contributed by atoms with E-state index in [2.05, 4.69) is 59.6 Å². The number of allylic oxidation sites excluding steroid dienone is 1. The third-order valence-corrected chi connectivity index (χ3v) is 5.54. The minimum absolute atomic E-state index is 0.121. The van der Waals surface area contributed by atoms with E-state index in [4.69, 9.17) is 0 Å². The van der Waals surface area contributed by atoms with Crippen molar-refractivity contribution in [1.29, 1.82) is 0 Å². The van der Waals surface area contributed by atoms with Crippen molar-refractivity contribution in [2.75, 3.05) is 11.4 Å². The number of aliphatic imine (C=N–C) groups is 1. The predicted molar refractivity (Wildman–Crippen MR) is 118 cm³/mol. The van der Waals surface area contributed by atoms with E-state index in [1.165, 1.54) is 5.57 Å². The van der Waals surface area contributed by atoms with E-state index in [1.54, 1.807) is 12.3 Å². The van der Waals surface area contributed by atoms with E-state index in [0.29, 0.717) is 5.56 Å². The molecule has 0 atom stereocenters. The fraction of sp³-hybridized carbons (Fsp3) is 0.348. The van der Waals surface area contributed by atoms with E-state index in [9.17, 15) is 4.39 Å². The maximum absolute atomic E-state index is 14.9. The monoisotopic (exact) mass is 428 g/mol. The highest BCUT2D eigenvalue weighted by atomic mass is 79.9. The zero-order valence-electron chi connectivity index (χ0n) is 16.6. The lowest BCUT2D eigenvalue weighted by Gasteiger charge is -2.43. The molecule has 0 bridgehead atoms. The van der Waals surface area contributed by atoms with Crippen molar-refractivity contribution in [2.24, 2.45) is 4.99 Å². The van der Waals surface area contributed by atoms with Gasteiger partial charge in [0, 0.05) is 34.0 Å². The zero-order chi connectivity index (χ0) is 19.8. The first-order valence-electron chi connectivity index (χ1n) is 9.34. The molecule has 1 heterocycles. The number of rotatable bonds is 4. The molecule has 0 N–H and O–H groups in total. The SMILES string of the molecule is CCCN1c2cc(F)c(C=Nc3ccc(Br)cc3C)cc2C(C)=CC1(C)C. The van der Waals surface area contributed by atoms with Gasteiger partial charge < -0.3 is 4.90 Å². The normalized spacial score (nSPS) is 15.8. The largest absolute Gasteiger partial charge is 0.362 e. The van der Waals surface area contributed by atoms with Gasteiger partial charge in [0.1, 0.15) is 5.82 Å². The summed E-state index contributed by atoms with van der Waals surface area (Å²) in [5.41, 5.74) is 5.51. The number of fused-ring (bicyclic) bond motifs is 1. The predicted octanol–water partition coefficient (Wildman–Crippen LogP) is 7.06. The number of halogens is 2. The van der Waals surface area contributed by atoms with E-state index in [1.807, 2.05) is 31.2 Å². The highest BCUT2D eigenvalue weighted by Crippen LogP contribution is 2.40. The number of hydrogen-bond donors (Lipinski definition) is 0. The highest BCUT2D eigenvalue weighted by molar-refractivity contribution is 9.10. The molecule has 0 aromatic heterocycles. The topological polar surface area (TPSA) is 15.6 Å². The summed E-state index contributed by atoms with van der Waals surface area (Å²) >= 11 is 3.46. The quantitative estimate of drug-likeness (QED) is 0.475. The number of nitrogens with zero attached hydrogens (tertiary/aromatic N) is 2.